The molecule has 0 spiro atoms. The summed E-state index contributed by atoms with van der Waals surface area (Å²) in [5.74, 6) is 1.36. The van der Waals surface area contributed by atoms with Crippen LogP contribution >= 0.6 is 0 Å². The Morgan fingerprint density at radius 1 is 0.862 bits per heavy atom. The second kappa shape index (κ2) is 10.2. The average molecular weight is 392 g/mol. The molecule has 0 saturated carbocycles. The van der Waals surface area contributed by atoms with Gasteiger partial charge in [0.25, 0.3) is 0 Å². The number of phenolic OH excluding ortho intramolecular Hbond substituents is 1. The van der Waals surface area contributed by atoms with Crippen LogP contribution in [0.5, 0.6) is 17.2 Å². The number of aromatic hydroxyl groups is 1. The van der Waals surface area contributed by atoms with Crippen LogP contribution in [-0.4, -0.2) is 24.8 Å². The maximum atomic E-state index is 11.8. The monoisotopic (exact) mass is 392 g/mol. The standard InChI is InChI=1S/C24H24O5/c1-27-24(26)23-7-3-2-6-19(23)17-29-22-12-8-18(9-13-22)5-4-16-28-21-14-10-20(25)11-15-21/h2-3,6-15,25H,4-5,16-17H2,1H3. The molecule has 3 aromatic carbocycles. The second-order valence-corrected chi connectivity index (χ2v) is 6.53. The number of phenols is 1. The van der Waals surface area contributed by atoms with Crippen molar-refractivity contribution < 1.29 is 24.1 Å². The van der Waals surface area contributed by atoms with E-state index in [1.165, 1.54) is 12.7 Å². The van der Waals surface area contributed by atoms with Crippen LogP contribution in [0.15, 0.2) is 72.8 Å². The number of hydrogen-bond donors (Lipinski definition) is 1. The summed E-state index contributed by atoms with van der Waals surface area (Å²) in [4.78, 5) is 11.8. The van der Waals surface area contributed by atoms with E-state index in [1.54, 1.807) is 36.4 Å². The van der Waals surface area contributed by atoms with E-state index in [1.807, 2.05) is 36.4 Å². The molecular formula is C24H24O5. The SMILES string of the molecule is COC(=O)c1ccccc1COc1ccc(CCCOc2ccc(O)cc2)cc1. The van der Waals surface area contributed by atoms with E-state index in [4.69, 9.17) is 14.2 Å². The Kier molecular flexibility index (Phi) is 7.11. The van der Waals surface area contributed by atoms with Gasteiger partial charge in [-0.05, 0) is 60.9 Å². The molecule has 0 aliphatic heterocycles. The van der Waals surface area contributed by atoms with Crippen LogP contribution in [0.3, 0.4) is 0 Å². The van der Waals surface area contributed by atoms with E-state index in [0.717, 1.165) is 29.9 Å². The minimum Gasteiger partial charge on any atom is -0.508 e. The Labute approximate surface area is 170 Å². The van der Waals surface area contributed by atoms with Gasteiger partial charge in [0.05, 0.1) is 19.3 Å². The van der Waals surface area contributed by atoms with Crippen LogP contribution in [0.1, 0.15) is 27.9 Å². The molecule has 29 heavy (non-hydrogen) atoms. The molecule has 0 aromatic heterocycles. The summed E-state index contributed by atoms with van der Waals surface area (Å²) in [6.07, 6.45) is 1.77. The molecule has 0 fully saturated rings. The molecule has 0 amide bonds. The number of methoxy groups -OCH3 is 1. The molecular weight excluding hydrogens is 368 g/mol. The van der Waals surface area contributed by atoms with E-state index < -0.39 is 0 Å². The lowest BCUT2D eigenvalue weighted by atomic mass is 10.1. The van der Waals surface area contributed by atoms with Gasteiger partial charge in [-0.15, -0.1) is 0 Å². The van der Waals surface area contributed by atoms with Gasteiger partial charge in [0.1, 0.15) is 23.9 Å². The number of carbonyl (C=O) groups excluding carboxylic acids is 1. The third kappa shape index (κ3) is 6.01. The Balaban J connectivity index is 1.45. The summed E-state index contributed by atoms with van der Waals surface area (Å²) < 4.78 is 16.3. The lowest BCUT2D eigenvalue weighted by Crippen LogP contribution is -2.07. The van der Waals surface area contributed by atoms with E-state index in [9.17, 15) is 9.90 Å². The molecule has 0 aliphatic rings. The lowest BCUT2D eigenvalue weighted by Gasteiger charge is -2.10. The summed E-state index contributed by atoms with van der Waals surface area (Å²) in [5.41, 5.74) is 2.50. The maximum Gasteiger partial charge on any atom is 0.338 e. The normalized spacial score (nSPS) is 10.4. The van der Waals surface area contributed by atoms with Gasteiger partial charge in [0.2, 0.25) is 0 Å². The maximum absolute atomic E-state index is 11.8. The van der Waals surface area contributed by atoms with Gasteiger partial charge in [0.15, 0.2) is 0 Å². The summed E-state index contributed by atoms with van der Waals surface area (Å²) in [5, 5.41) is 9.27. The zero-order valence-corrected chi connectivity index (χ0v) is 16.3. The van der Waals surface area contributed by atoms with Crippen LogP contribution < -0.4 is 9.47 Å². The molecule has 150 valence electrons. The predicted octanol–water partition coefficient (Wildman–Crippen LogP) is 4.77. The first-order valence-electron chi connectivity index (χ1n) is 9.45. The molecule has 0 atom stereocenters. The molecule has 0 unspecified atom stereocenters. The summed E-state index contributed by atoms with van der Waals surface area (Å²) >= 11 is 0. The van der Waals surface area contributed by atoms with Crippen molar-refractivity contribution in [2.45, 2.75) is 19.4 Å². The summed E-state index contributed by atoms with van der Waals surface area (Å²) in [6.45, 7) is 0.901. The van der Waals surface area contributed by atoms with Crippen LogP contribution in [-0.2, 0) is 17.8 Å². The van der Waals surface area contributed by atoms with Crippen molar-refractivity contribution in [3.8, 4) is 17.2 Å². The van der Waals surface area contributed by atoms with Crippen molar-refractivity contribution in [3.05, 3.63) is 89.5 Å². The Morgan fingerprint density at radius 3 is 2.24 bits per heavy atom. The molecule has 0 saturated heterocycles. The Morgan fingerprint density at radius 2 is 1.52 bits per heavy atom. The van der Waals surface area contributed by atoms with Crippen LogP contribution in [0.25, 0.3) is 0 Å². The number of esters is 1. The van der Waals surface area contributed by atoms with Crippen molar-refractivity contribution in [2.24, 2.45) is 0 Å². The fourth-order valence-electron chi connectivity index (χ4n) is 2.88. The molecule has 3 rings (SSSR count). The van der Waals surface area contributed by atoms with Gasteiger partial charge in [0, 0.05) is 5.56 Å². The fraction of sp³-hybridized carbons (Fsp3) is 0.208. The van der Waals surface area contributed by atoms with Crippen LogP contribution in [0, 0.1) is 0 Å². The Bertz CT molecular complexity index is 917. The highest BCUT2D eigenvalue weighted by molar-refractivity contribution is 5.90. The fourth-order valence-corrected chi connectivity index (χ4v) is 2.88. The zero-order valence-electron chi connectivity index (χ0n) is 16.3. The van der Waals surface area contributed by atoms with Gasteiger partial charge in [-0.25, -0.2) is 4.79 Å². The van der Waals surface area contributed by atoms with Crippen molar-refractivity contribution >= 4 is 5.97 Å². The van der Waals surface area contributed by atoms with E-state index in [2.05, 4.69) is 0 Å². The number of hydrogen-bond acceptors (Lipinski definition) is 5. The molecule has 3 aromatic rings. The third-order valence-electron chi connectivity index (χ3n) is 4.46. The van der Waals surface area contributed by atoms with Gasteiger partial charge < -0.3 is 19.3 Å². The molecule has 0 radical (unpaired) electrons. The van der Waals surface area contributed by atoms with Crippen LogP contribution in [0.4, 0.5) is 0 Å². The smallest absolute Gasteiger partial charge is 0.338 e. The first kappa shape index (κ1) is 20.3. The van der Waals surface area contributed by atoms with Gasteiger partial charge >= 0.3 is 5.97 Å². The molecule has 0 bridgehead atoms. The van der Waals surface area contributed by atoms with E-state index >= 15 is 0 Å². The van der Waals surface area contributed by atoms with E-state index in [-0.39, 0.29) is 11.7 Å². The number of aryl methyl sites for hydroxylation is 1. The van der Waals surface area contributed by atoms with Gasteiger partial charge in [-0.3, -0.25) is 0 Å². The minimum absolute atomic E-state index is 0.230. The largest absolute Gasteiger partial charge is 0.508 e. The molecule has 5 nitrogen and oxygen atoms in total. The quantitative estimate of drug-likeness (QED) is 0.420. The van der Waals surface area contributed by atoms with Crippen molar-refractivity contribution in [1.29, 1.82) is 0 Å². The van der Waals surface area contributed by atoms with Gasteiger partial charge in [-0.2, -0.15) is 0 Å². The summed E-state index contributed by atoms with van der Waals surface area (Å²) in [6, 6.07) is 21.9. The molecule has 0 aliphatic carbocycles. The minimum atomic E-state index is -0.367. The van der Waals surface area contributed by atoms with E-state index in [0.29, 0.717) is 18.8 Å². The van der Waals surface area contributed by atoms with Crippen molar-refractivity contribution in [1.82, 2.24) is 0 Å². The number of rotatable bonds is 9. The van der Waals surface area contributed by atoms with Crippen LogP contribution in [0.2, 0.25) is 0 Å². The highest BCUT2D eigenvalue weighted by Gasteiger charge is 2.11. The molecule has 5 heteroatoms. The third-order valence-corrected chi connectivity index (χ3v) is 4.46. The topological polar surface area (TPSA) is 65.0 Å². The highest BCUT2D eigenvalue weighted by Crippen LogP contribution is 2.19. The first-order valence-corrected chi connectivity index (χ1v) is 9.45. The second-order valence-electron chi connectivity index (χ2n) is 6.53. The zero-order chi connectivity index (χ0) is 20.5. The van der Waals surface area contributed by atoms with Crippen molar-refractivity contribution in [3.63, 3.8) is 0 Å². The number of carbonyl (C=O) groups is 1. The number of ether oxygens (including phenoxy) is 3. The molecule has 0 heterocycles. The summed E-state index contributed by atoms with van der Waals surface area (Å²) in [7, 11) is 1.37. The van der Waals surface area contributed by atoms with Gasteiger partial charge in [-0.1, -0.05) is 30.3 Å². The number of benzene rings is 3. The predicted molar refractivity (Wildman–Crippen MR) is 110 cm³/mol. The highest BCUT2D eigenvalue weighted by atomic mass is 16.5. The Hall–Kier alpha value is -3.47. The molecule has 1 N–H and O–H groups in total. The lowest BCUT2D eigenvalue weighted by molar-refractivity contribution is 0.0597. The first-order chi connectivity index (χ1) is 14.2. The van der Waals surface area contributed by atoms with Crippen molar-refractivity contribution in [2.75, 3.05) is 13.7 Å². The average Bonchev–Trinajstić information content (AvgIpc) is 2.77.